The van der Waals surface area contributed by atoms with Crippen LogP contribution in [0.3, 0.4) is 0 Å². The lowest BCUT2D eigenvalue weighted by Crippen LogP contribution is -2.31. The molecule has 12 heteroatoms. The summed E-state index contributed by atoms with van der Waals surface area (Å²) >= 11 is 2.31. The Bertz CT molecular complexity index is 1450. The van der Waals surface area contributed by atoms with Crippen LogP contribution in [0, 0.1) is 0 Å². The molecule has 0 saturated heterocycles. The van der Waals surface area contributed by atoms with E-state index in [2.05, 4.69) is 10.6 Å². The molecule has 4 rings (SSSR count). The van der Waals surface area contributed by atoms with Crippen LogP contribution in [-0.2, 0) is 19.1 Å². The van der Waals surface area contributed by atoms with E-state index in [1.54, 1.807) is 87.0 Å². The monoisotopic (exact) mass is 649 g/mol. The van der Waals surface area contributed by atoms with Crippen LogP contribution in [0.15, 0.2) is 92.4 Å². The molecule has 2 N–H and O–H groups in total. The van der Waals surface area contributed by atoms with E-state index in [0.717, 1.165) is 28.4 Å². The lowest BCUT2D eigenvalue weighted by Gasteiger charge is -2.16. The van der Waals surface area contributed by atoms with E-state index in [9.17, 15) is 19.2 Å². The van der Waals surface area contributed by atoms with Crippen LogP contribution in [0.4, 0.5) is 5.69 Å². The molecule has 0 unspecified atom stereocenters. The lowest BCUT2D eigenvalue weighted by molar-refractivity contribution is -0.120. The highest BCUT2D eigenvalue weighted by Gasteiger charge is 2.40. The molecular formula is C33H35N3O7S2. The van der Waals surface area contributed by atoms with Crippen molar-refractivity contribution in [3.05, 3.63) is 93.7 Å². The predicted octanol–water partition coefficient (Wildman–Crippen LogP) is 4.90. The Labute approximate surface area is 270 Å². The second-order valence-electron chi connectivity index (χ2n) is 10.0. The van der Waals surface area contributed by atoms with Crippen molar-refractivity contribution in [1.82, 2.24) is 10.6 Å². The molecule has 4 amide bonds. The zero-order valence-electron chi connectivity index (χ0n) is 25.5. The van der Waals surface area contributed by atoms with Gasteiger partial charge in [-0.1, -0.05) is 23.5 Å². The third-order valence-electron chi connectivity index (χ3n) is 6.32. The Kier molecular flexibility index (Phi) is 12.2. The average Bonchev–Trinajstić information content (AvgIpc) is 3.25. The first-order valence-electron chi connectivity index (χ1n) is 14.2. The van der Waals surface area contributed by atoms with E-state index >= 15 is 0 Å². The van der Waals surface area contributed by atoms with Crippen molar-refractivity contribution in [2.45, 2.75) is 29.7 Å². The number of thioether (sulfide) groups is 2. The quantitative estimate of drug-likeness (QED) is 0.175. The summed E-state index contributed by atoms with van der Waals surface area (Å²) in [6.45, 7) is 5.40. The van der Waals surface area contributed by atoms with Gasteiger partial charge in [0.2, 0.25) is 0 Å². The molecule has 0 spiro atoms. The number of imide groups is 1. The minimum Gasteiger partial charge on any atom is -0.491 e. The minimum absolute atomic E-state index is 0.0239. The third-order valence-corrected chi connectivity index (χ3v) is 8.63. The van der Waals surface area contributed by atoms with Crippen LogP contribution >= 0.6 is 23.5 Å². The standard InChI is InChI=1S/C33H35N3O7S2/c1-21(2)43-25-11-9-24(10-12-25)36-32(39)28(44-26-13-5-22(6-14-26)30(37)34-17-19-41-3)29(33(36)40)45-27-15-7-23(8-16-27)31(38)35-18-20-42-4/h5-16,21H,17-20H2,1-4H3,(H,34,37)(H,35,38). The zero-order chi connectivity index (χ0) is 32.3. The van der Waals surface area contributed by atoms with Gasteiger partial charge in [-0.2, -0.15) is 0 Å². The summed E-state index contributed by atoms with van der Waals surface area (Å²) in [6.07, 6.45) is -0.0239. The number of hydrogen-bond acceptors (Lipinski definition) is 9. The van der Waals surface area contributed by atoms with Crippen molar-refractivity contribution in [2.75, 3.05) is 45.4 Å². The molecule has 0 radical (unpaired) electrons. The van der Waals surface area contributed by atoms with E-state index in [1.165, 1.54) is 0 Å². The average molecular weight is 650 g/mol. The molecule has 1 aliphatic heterocycles. The topological polar surface area (TPSA) is 123 Å². The zero-order valence-corrected chi connectivity index (χ0v) is 27.1. The Morgan fingerprint density at radius 3 is 1.49 bits per heavy atom. The van der Waals surface area contributed by atoms with Crippen LogP contribution in [0.2, 0.25) is 0 Å². The molecule has 0 bridgehead atoms. The molecule has 45 heavy (non-hydrogen) atoms. The van der Waals surface area contributed by atoms with Gasteiger partial charge in [0, 0.05) is 48.2 Å². The number of anilines is 1. The number of benzene rings is 3. The number of carbonyl (C=O) groups excluding carboxylic acids is 4. The predicted molar refractivity (Wildman–Crippen MR) is 175 cm³/mol. The maximum Gasteiger partial charge on any atom is 0.273 e. The molecule has 0 saturated carbocycles. The van der Waals surface area contributed by atoms with Gasteiger partial charge in [-0.3, -0.25) is 19.2 Å². The fraction of sp³-hybridized carbons (Fsp3) is 0.273. The molecule has 1 heterocycles. The largest absolute Gasteiger partial charge is 0.491 e. The van der Waals surface area contributed by atoms with Crippen LogP contribution in [0.25, 0.3) is 0 Å². The van der Waals surface area contributed by atoms with Crippen LogP contribution in [0.5, 0.6) is 5.75 Å². The number of hydrogen-bond donors (Lipinski definition) is 2. The molecule has 10 nitrogen and oxygen atoms in total. The minimum atomic E-state index is -0.458. The first kappa shape index (κ1) is 33.8. The number of nitrogens with one attached hydrogen (secondary N) is 2. The van der Waals surface area contributed by atoms with Gasteiger partial charge >= 0.3 is 0 Å². The second kappa shape index (κ2) is 16.3. The van der Waals surface area contributed by atoms with Crippen LogP contribution in [-0.4, -0.2) is 70.3 Å². The van der Waals surface area contributed by atoms with Crippen molar-refractivity contribution in [3.8, 4) is 5.75 Å². The molecule has 3 aromatic carbocycles. The summed E-state index contributed by atoms with van der Waals surface area (Å²) in [7, 11) is 3.12. The van der Waals surface area contributed by atoms with Gasteiger partial charge in [0.15, 0.2) is 0 Å². The molecule has 0 aromatic heterocycles. The van der Waals surface area contributed by atoms with Crippen molar-refractivity contribution < 1.29 is 33.4 Å². The third kappa shape index (κ3) is 8.98. The van der Waals surface area contributed by atoms with E-state index in [0.29, 0.717) is 58.7 Å². The molecule has 236 valence electrons. The van der Waals surface area contributed by atoms with Crippen molar-refractivity contribution >= 4 is 52.8 Å². The first-order chi connectivity index (χ1) is 21.7. The summed E-state index contributed by atoms with van der Waals surface area (Å²) < 4.78 is 15.7. The summed E-state index contributed by atoms with van der Waals surface area (Å²) in [5.74, 6) is -0.764. The SMILES string of the molecule is COCCNC(=O)c1ccc(SC2=C(Sc3ccc(C(=O)NCCOC)cc3)C(=O)N(c3ccc(OC(C)C)cc3)C2=O)cc1. The number of rotatable bonds is 15. The lowest BCUT2D eigenvalue weighted by atomic mass is 10.2. The number of ether oxygens (including phenoxy) is 3. The first-order valence-corrected chi connectivity index (χ1v) is 15.8. The van der Waals surface area contributed by atoms with Gasteiger partial charge in [-0.25, -0.2) is 4.90 Å². The molecular weight excluding hydrogens is 615 g/mol. The van der Waals surface area contributed by atoms with Gasteiger partial charge in [-0.15, -0.1) is 0 Å². The Morgan fingerprint density at radius 2 is 1.11 bits per heavy atom. The molecule has 0 aliphatic carbocycles. The van der Waals surface area contributed by atoms with E-state index in [4.69, 9.17) is 14.2 Å². The summed E-state index contributed by atoms with van der Waals surface area (Å²) in [5.41, 5.74) is 1.34. The van der Waals surface area contributed by atoms with Gasteiger partial charge in [0.1, 0.15) is 5.75 Å². The Morgan fingerprint density at radius 1 is 0.689 bits per heavy atom. The van der Waals surface area contributed by atoms with Crippen molar-refractivity contribution in [1.29, 1.82) is 0 Å². The van der Waals surface area contributed by atoms with Crippen molar-refractivity contribution in [2.24, 2.45) is 0 Å². The summed E-state index contributed by atoms with van der Waals surface area (Å²) in [6, 6.07) is 20.4. The number of methoxy groups -OCH3 is 2. The normalized spacial score (nSPS) is 13.0. The smallest absolute Gasteiger partial charge is 0.273 e. The van der Waals surface area contributed by atoms with Crippen LogP contribution in [0.1, 0.15) is 34.6 Å². The molecule has 3 aromatic rings. The highest BCUT2D eigenvalue weighted by molar-refractivity contribution is 8.08. The number of carbonyl (C=O) groups is 4. The van der Waals surface area contributed by atoms with Crippen molar-refractivity contribution in [3.63, 3.8) is 0 Å². The second-order valence-corrected chi connectivity index (χ2v) is 12.2. The highest BCUT2D eigenvalue weighted by Crippen LogP contribution is 2.44. The molecule has 1 aliphatic rings. The van der Waals surface area contributed by atoms with Gasteiger partial charge in [-0.05, 0) is 86.6 Å². The van der Waals surface area contributed by atoms with E-state index < -0.39 is 11.8 Å². The van der Waals surface area contributed by atoms with Gasteiger partial charge < -0.3 is 24.8 Å². The molecule has 0 atom stereocenters. The van der Waals surface area contributed by atoms with E-state index in [1.807, 2.05) is 13.8 Å². The fourth-order valence-electron chi connectivity index (χ4n) is 4.17. The fourth-order valence-corrected chi connectivity index (χ4v) is 6.15. The van der Waals surface area contributed by atoms with Crippen LogP contribution < -0.4 is 20.3 Å². The maximum absolute atomic E-state index is 13.8. The Balaban J connectivity index is 1.59. The Hall–Kier alpha value is -4.10. The van der Waals surface area contributed by atoms with E-state index in [-0.39, 0.29) is 27.7 Å². The van der Waals surface area contributed by atoms with Gasteiger partial charge in [0.25, 0.3) is 23.6 Å². The summed E-state index contributed by atoms with van der Waals surface area (Å²) in [5, 5.41) is 5.55. The number of nitrogens with zero attached hydrogens (tertiary/aromatic N) is 1. The number of amides is 4. The maximum atomic E-state index is 13.8. The molecule has 0 fully saturated rings. The van der Waals surface area contributed by atoms with Gasteiger partial charge in [0.05, 0.1) is 34.8 Å². The summed E-state index contributed by atoms with van der Waals surface area (Å²) in [4.78, 5) is 55.5. The highest BCUT2D eigenvalue weighted by atomic mass is 32.2.